The Morgan fingerprint density at radius 3 is 1.67 bits per heavy atom. The van der Waals surface area contributed by atoms with E-state index in [-0.39, 0.29) is 12.8 Å². The van der Waals surface area contributed by atoms with Gasteiger partial charge in [0.25, 0.3) is 0 Å². The fourth-order valence-electron chi connectivity index (χ4n) is 5.62. The molecular formula is C37H67O13P. The summed E-state index contributed by atoms with van der Waals surface area (Å²) in [4.78, 5) is 35.3. The predicted molar refractivity (Wildman–Crippen MR) is 193 cm³/mol. The van der Waals surface area contributed by atoms with Gasteiger partial charge in [0.05, 0.1) is 6.61 Å². The fourth-order valence-corrected chi connectivity index (χ4v) is 6.59. The summed E-state index contributed by atoms with van der Waals surface area (Å²) in [6, 6.07) is 0. The zero-order chi connectivity index (χ0) is 37.9. The number of phosphoric acid groups is 1. The van der Waals surface area contributed by atoms with Crippen molar-refractivity contribution in [3.63, 3.8) is 0 Å². The highest BCUT2D eigenvalue weighted by Crippen LogP contribution is 2.47. The number of esters is 2. The molecule has 6 atom stereocenters. The molecule has 0 bridgehead atoms. The van der Waals surface area contributed by atoms with Crippen molar-refractivity contribution in [3.05, 3.63) is 24.3 Å². The first-order chi connectivity index (χ1) is 24.4. The monoisotopic (exact) mass is 750 g/mol. The zero-order valence-electron chi connectivity index (χ0n) is 30.9. The molecule has 1 fully saturated rings. The minimum absolute atomic E-state index is 0.0821. The van der Waals surface area contributed by atoms with Crippen LogP contribution < -0.4 is 0 Å². The fraction of sp³-hybridized carbons (Fsp3) is 0.838. The summed E-state index contributed by atoms with van der Waals surface area (Å²) in [5.74, 6) is -1.12. The largest absolute Gasteiger partial charge is 0.472 e. The van der Waals surface area contributed by atoms with Gasteiger partial charge in [0.15, 0.2) is 6.10 Å². The molecule has 13 nitrogen and oxygen atoms in total. The van der Waals surface area contributed by atoms with Crippen molar-refractivity contribution in [2.24, 2.45) is 0 Å². The van der Waals surface area contributed by atoms with Crippen molar-refractivity contribution in [2.45, 2.75) is 185 Å². The lowest BCUT2D eigenvalue weighted by molar-refractivity contribution is -0.220. The summed E-state index contributed by atoms with van der Waals surface area (Å²) < 4.78 is 33.2. The van der Waals surface area contributed by atoms with Crippen LogP contribution >= 0.6 is 7.82 Å². The van der Waals surface area contributed by atoms with E-state index in [1.807, 2.05) is 0 Å². The van der Waals surface area contributed by atoms with Crippen molar-refractivity contribution < 1.29 is 63.1 Å². The van der Waals surface area contributed by atoms with Crippen molar-refractivity contribution in [1.29, 1.82) is 0 Å². The number of rotatable bonds is 30. The van der Waals surface area contributed by atoms with Crippen LogP contribution in [0.1, 0.15) is 142 Å². The lowest BCUT2D eigenvalue weighted by atomic mass is 9.85. The van der Waals surface area contributed by atoms with Gasteiger partial charge in [0.1, 0.15) is 43.2 Å². The van der Waals surface area contributed by atoms with Crippen LogP contribution in [0.15, 0.2) is 24.3 Å². The van der Waals surface area contributed by atoms with E-state index in [2.05, 4.69) is 38.2 Å². The molecule has 0 aromatic rings. The van der Waals surface area contributed by atoms with E-state index in [9.17, 15) is 44.6 Å². The van der Waals surface area contributed by atoms with Gasteiger partial charge in [0.2, 0.25) is 0 Å². The van der Waals surface area contributed by atoms with E-state index in [1.165, 1.54) is 32.1 Å². The molecule has 0 aliphatic heterocycles. The molecule has 51 heavy (non-hydrogen) atoms. The molecule has 0 radical (unpaired) electrons. The molecule has 0 amide bonds. The third kappa shape index (κ3) is 22.2. The van der Waals surface area contributed by atoms with Gasteiger partial charge in [-0.15, -0.1) is 0 Å². The molecule has 0 aromatic carbocycles. The number of aliphatic hydroxyl groups excluding tert-OH is 5. The van der Waals surface area contributed by atoms with Crippen LogP contribution in [-0.4, -0.2) is 98.3 Å². The van der Waals surface area contributed by atoms with E-state index in [0.29, 0.717) is 12.8 Å². The van der Waals surface area contributed by atoms with E-state index >= 15 is 0 Å². The van der Waals surface area contributed by atoms with Crippen LogP contribution in [0.3, 0.4) is 0 Å². The third-order valence-electron chi connectivity index (χ3n) is 8.78. The molecule has 298 valence electrons. The van der Waals surface area contributed by atoms with E-state index in [4.69, 9.17) is 18.5 Å². The van der Waals surface area contributed by atoms with Crippen molar-refractivity contribution in [1.82, 2.24) is 0 Å². The van der Waals surface area contributed by atoms with Crippen LogP contribution in [0.25, 0.3) is 0 Å². The molecule has 6 unspecified atom stereocenters. The first-order valence-electron chi connectivity index (χ1n) is 19.1. The van der Waals surface area contributed by atoms with Gasteiger partial charge in [0, 0.05) is 12.8 Å². The van der Waals surface area contributed by atoms with E-state index < -0.39 is 75.7 Å². The predicted octanol–water partition coefficient (Wildman–Crippen LogP) is 5.72. The maximum atomic E-state index is 12.7. The maximum Gasteiger partial charge on any atom is 0.472 e. The summed E-state index contributed by atoms with van der Waals surface area (Å²) in [5, 5.41) is 49.9. The topological polar surface area (TPSA) is 210 Å². The highest BCUT2D eigenvalue weighted by molar-refractivity contribution is 7.47. The van der Waals surface area contributed by atoms with E-state index in [0.717, 1.165) is 70.6 Å². The van der Waals surface area contributed by atoms with Gasteiger partial charge >= 0.3 is 19.8 Å². The Morgan fingerprint density at radius 1 is 0.608 bits per heavy atom. The third-order valence-corrected chi connectivity index (χ3v) is 9.76. The number of carbonyl (C=O) groups is 2. The van der Waals surface area contributed by atoms with Gasteiger partial charge in [-0.25, -0.2) is 4.57 Å². The van der Waals surface area contributed by atoms with Crippen molar-refractivity contribution >= 4 is 19.8 Å². The van der Waals surface area contributed by atoms with Gasteiger partial charge in [-0.2, -0.15) is 0 Å². The van der Waals surface area contributed by atoms with Crippen molar-refractivity contribution in [3.8, 4) is 0 Å². The van der Waals surface area contributed by atoms with E-state index in [1.54, 1.807) is 0 Å². The number of phosphoric ester groups is 1. The van der Waals surface area contributed by atoms with Crippen molar-refractivity contribution in [2.75, 3.05) is 13.2 Å². The van der Waals surface area contributed by atoms with Crippen LogP contribution in [0, 0.1) is 0 Å². The summed E-state index contributed by atoms with van der Waals surface area (Å²) in [5.41, 5.74) is 0. The Hall–Kier alpha value is -1.67. The molecule has 1 aliphatic carbocycles. The number of hydrogen-bond donors (Lipinski definition) is 6. The number of hydrogen-bond acceptors (Lipinski definition) is 12. The number of ether oxygens (including phenoxy) is 2. The summed E-state index contributed by atoms with van der Waals surface area (Å²) in [6.07, 6.45) is 14.1. The molecule has 1 aliphatic rings. The average Bonchev–Trinajstić information content (AvgIpc) is 3.10. The second-order valence-corrected chi connectivity index (χ2v) is 14.8. The molecule has 0 heterocycles. The second-order valence-electron chi connectivity index (χ2n) is 13.4. The molecule has 0 spiro atoms. The van der Waals surface area contributed by atoms with Crippen LogP contribution in [0.5, 0.6) is 0 Å². The number of allylic oxidation sites excluding steroid dienone is 4. The Balaban J connectivity index is 2.56. The Bertz CT molecular complexity index is 1010. The maximum absolute atomic E-state index is 12.7. The quantitative estimate of drug-likeness (QED) is 0.0225. The summed E-state index contributed by atoms with van der Waals surface area (Å²) in [6.45, 7) is 3.15. The second kappa shape index (κ2) is 28.8. The van der Waals surface area contributed by atoms with Gasteiger partial charge in [-0.3, -0.25) is 18.6 Å². The molecule has 6 N–H and O–H groups in total. The van der Waals surface area contributed by atoms with Gasteiger partial charge in [-0.05, 0) is 38.5 Å². The summed E-state index contributed by atoms with van der Waals surface area (Å²) >= 11 is 0. The van der Waals surface area contributed by atoms with Crippen LogP contribution in [0.2, 0.25) is 0 Å². The van der Waals surface area contributed by atoms with Gasteiger partial charge < -0.3 is 39.9 Å². The Labute approximate surface area is 305 Å². The normalized spacial score (nSPS) is 24.2. The number of unbranched alkanes of at least 4 members (excludes halogenated alkanes) is 14. The number of aliphatic hydroxyl groups is 5. The summed E-state index contributed by atoms with van der Waals surface area (Å²) in [7, 11) is -5.11. The standard InChI is InChI=1S/C37H67O13P/c1-3-5-7-9-11-13-14-15-16-18-20-22-24-26-31(39)49-29(27-47-30(38)25-23-21-19-17-12-10-8-6-4-2)28-48-51(45,46)50-37-35(43)33(41)32(40)34(42)36(37)44/h7,9,13-14,29,32-37,40-44H,3-6,8,10-12,15-28H2,1-2H3,(H,45,46)/b9-7-,14-13-. The Kier molecular flexibility index (Phi) is 26.7. The highest BCUT2D eigenvalue weighted by atomic mass is 31.2. The molecular weight excluding hydrogens is 683 g/mol. The smallest absolute Gasteiger partial charge is 0.462 e. The molecule has 1 rings (SSSR count). The van der Waals surface area contributed by atoms with Crippen LogP contribution in [-0.2, 0) is 32.7 Å². The SMILES string of the molecule is CCC/C=C\C/C=C\CCCCCCCC(=O)OC(COC(=O)CCCCCCCCCCC)COP(=O)(O)OC1C(O)C(O)C(O)C(O)C1O. The number of carbonyl (C=O) groups excluding carboxylic acids is 2. The average molecular weight is 751 g/mol. The molecule has 0 aromatic heterocycles. The minimum Gasteiger partial charge on any atom is -0.462 e. The first kappa shape index (κ1) is 47.4. The highest BCUT2D eigenvalue weighted by Gasteiger charge is 2.51. The molecule has 0 saturated heterocycles. The lowest BCUT2D eigenvalue weighted by Crippen LogP contribution is -2.64. The zero-order valence-corrected chi connectivity index (χ0v) is 31.8. The lowest BCUT2D eigenvalue weighted by Gasteiger charge is -2.41. The van der Waals surface area contributed by atoms with Crippen LogP contribution in [0.4, 0.5) is 0 Å². The minimum atomic E-state index is -5.11. The molecule has 1 saturated carbocycles. The van der Waals surface area contributed by atoms with Gasteiger partial charge in [-0.1, -0.05) is 115 Å². The first-order valence-corrected chi connectivity index (χ1v) is 20.6. The Morgan fingerprint density at radius 2 is 1.10 bits per heavy atom. The molecule has 14 heteroatoms.